The molecule has 0 unspecified atom stereocenters. The van der Waals surface area contributed by atoms with Crippen molar-refractivity contribution in [1.82, 2.24) is 9.55 Å². The standard InChI is InChI=1S/C13H11N3O4/c17-11(8-16-7-1-6-14-13(16)20)15-10-4-2-9(3-5-10)12(18)19/h1-7H,8H2,(H,15,17)(H,18,19). The average molecular weight is 273 g/mol. The van der Waals surface area contributed by atoms with E-state index < -0.39 is 17.6 Å². The molecule has 0 atom stereocenters. The van der Waals surface area contributed by atoms with Gasteiger partial charge in [-0.25, -0.2) is 14.6 Å². The first-order valence-electron chi connectivity index (χ1n) is 5.71. The minimum absolute atomic E-state index is 0.131. The third-order valence-corrected chi connectivity index (χ3v) is 2.51. The first kappa shape index (κ1) is 13.5. The number of benzene rings is 1. The number of anilines is 1. The van der Waals surface area contributed by atoms with E-state index in [0.29, 0.717) is 5.69 Å². The van der Waals surface area contributed by atoms with Crippen molar-refractivity contribution < 1.29 is 14.7 Å². The van der Waals surface area contributed by atoms with Gasteiger partial charge in [0.1, 0.15) is 6.54 Å². The maximum absolute atomic E-state index is 11.7. The summed E-state index contributed by atoms with van der Waals surface area (Å²) in [5, 5.41) is 11.3. The number of aromatic nitrogens is 2. The van der Waals surface area contributed by atoms with Gasteiger partial charge in [-0.05, 0) is 30.3 Å². The number of hydrogen-bond acceptors (Lipinski definition) is 4. The Kier molecular flexibility index (Phi) is 3.90. The smallest absolute Gasteiger partial charge is 0.347 e. The van der Waals surface area contributed by atoms with Crippen LogP contribution in [-0.4, -0.2) is 26.5 Å². The maximum Gasteiger partial charge on any atom is 0.347 e. The van der Waals surface area contributed by atoms with Crippen molar-refractivity contribution in [2.24, 2.45) is 0 Å². The molecule has 1 amide bonds. The van der Waals surface area contributed by atoms with Gasteiger partial charge in [-0.15, -0.1) is 0 Å². The van der Waals surface area contributed by atoms with Crippen molar-refractivity contribution in [2.45, 2.75) is 6.54 Å². The van der Waals surface area contributed by atoms with Crippen LogP contribution < -0.4 is 11.0 Å². The van der Waals surface area contributed by atoms with Crippen molar-refractivity contribution in [3.63, 3.8) is 0 Å². The van der Waals surface area contributed by atoms with Gasteiger partial charge in [0, 0.05) is 18.1 Å². The van der Waals surface area contributed by atoms with Crippen LogP contribution >= 0.6 is 0 Å². The quantitative estimate of drug-likeness (QED) is 0.848. The van der Waals surface area contributed by atoms with E-state index in [2.05, 4.69) is 10.3 Å². The Hall–Kier alpha value is -2.96. The van der Waals surface area contributed by atoms with Gasteiger partial charge < -0.3 is 10.4 Å². The minimum Gasteiger partial charge on any atom is -0.478 e. The SMILES string of the molecule is O=C(Cn1cccnc1=O)Nc1ccc(C(=O)O)cc1. The predicted molar refractivity (Wildman–Crippen MR) is 70.5 cm³/mol. The monoisotopic (exact) mass is 273 g/mol. The number of carboxylic acid groups (broad SMARTS) is 1. The zero-order chi connectivity index (χ0) is 14.5. The highest BCUT2D eigenvalue weighted by Gasteiger charge is 2.06. The van der Waals surface area contributed by atoms with Crippen LogP contribution in [0, 0.1) is 0 Å². The number of carboxylic acids is 1. The molecule has 0 aliphatic rings. The van der Waals surface area contributed by atoms with E-state index in [0.717, 1.165) is 0 Å². The molecule has 1 heterocycles. The molecule has 20 heavy (non-hydrogen) atoms. The Bertz CT molecular complexity index is 691. The van der Waals surface area contributed by atoms with Gasteiger partial charge in [0.05, 0.1) is 5.56 Å². The largest absolute Gasteiger partial charge is 0.478 e. The van der Waals surface area contributed by atoms with Gasteiger partial charge >= 0.3 is 11.7 Å². The van der Waals surface area contributed by atoms with Crippen LogP contribution in [0.4, 0.5) is 5.69 Å². The zero-order valence-electron chi connectivity index (χ0n) is 10.3. The lowest BCUT2D eigenvalue weighted by atomic mass is 10.2. The molecule has 0 saturated carbocycles. The molecule has 2 rings (SSSR count). The van der Waals surface area contributed by atoms with Crippen LogP contribution in [0.3, 0.4) is 0 Å². The molecule has 7 heteroatoms. The molecule has 0 radical (unpaired) electrons. The Morgan fingerprint density at radius 2 is 1.95 bits per heavy atom. The van der Waals surface area contributed by atoms with E-state index in [1.165, 1.54) is 41.2 Å². The number of nitrogens with one attached hydrogen (secondary N) is 1. The number of carbonyl (C=O) groups is 2. The summed E-state index contributed by atoms with van der Waals surface area (Å²) in [5.41, 5.74) is 0.0762. The average Bonchev–Trinajstić information content (AvgIpc) is 2.42. The predicted octanol–water partition coefficient (Wildman–Crippen LogP) is 0.580. The summed E-state index contributed by atoms with van der Waals surface area (Å²) in [4.78, 5) is 37.3. The number of hydrogen-bond donors (Lipinski definition) is 2. The lowest BCUT2D eigenvalue weighted by Crippen LogP contribution is -2.28. The molecule has 0 aliphatic carbocycles. The number of nitrogens with zero attached hydrogens (tertiary/aromatic N) is 2. The molecule has 2 N–H and O–H groups in total. The molecular formula is C13H11N3O4. The summed E-state index contributed by atoms with van der Waals surface area (Å²) in [6.45, 7) is -0.159. The Labute approximate surface area is 113 Å². The maximum atomic E-state index is 11.7. The second kappa shape index (κ2) is 5.79. The van der Waals surface area contributed by atoms with Crippen LogP contribution in [0.2, 0.25) is 0 Å². The van der Waals surface area contributed by atoms with Crippen molar-refractivity contribution in [3.8, 4) is 0 Å². The van der Waals surface area contributed by atoms with E-state index in [1.54, 1.807) is 6.07 Å². The lowest BCUT2D eigenvalue weighted by Gasteiger charge is -2.06. The molecule has 2 aromatic rings. The first-order chi connectivity index (χ1) is 9.56. The highest BCUT2D eigenvalue weighted by atomic mass is 16.4. The molecule has 0 fully saturated rings. The van der Waals surface area contributed by atoms with Gasteiger partial charge in [-0.3, -0.25) is 9.36 Å². The lowest BCUT2D eigenvalue weighted by molar-refractivity contribution is -0.116. The van der Waals surface area contributed by atoms with Crippen LogP contribution in [-0.2, 0) is 11.3 Å². The number of aromatic carboxylic acids is 1. The van der Waals surface area contributed by atoms with Crippen LogP contribution in [0.1, 0.15) is 10.4 Å². The summed E-state index contributed by atoms with van der Waals surface area (Å²) >= 11 is 0. The Morgan fingerprint density at radius 1 is 1.25 bits per heavy atom. The third-order valence-electron chi connectivity index (χ3n) is 2.51. The fraction of sp³-hybridized carbons (Fsp3) is 0.0769. The van der Waals surface area contributed by atoms with E-state index >= 15 is 0 Å². The van der Waals surface area contributed by atoms with Gasteiger partial charge in [0.2, 0.25) is 5.91 Å². The molecule has 0 saturated heterocycles. The number of amides is 1. The van der Waals surface area contributed by atoms with E-state index in [-0.39, 0.29) is 12.1 Å². The van der Waals surface area contributed by atoms with Gasteiger partial charge in [-0.1, -0.05) is 0 Å². The molecule has 0 bridgehead atoms. The van der Waals surface area contributed by atoms with Gasteiger partial charge in [0.15, 0.2) is 0 Å². The zero-order valence-corrected chi connectivity index (χ0v) is 10.3. The normalized spacial score (nSPS) is 10.0. The Balaban J connectivity index is 2.03. The summed E-state index contributed by atoms with van der Waals surface area (Å²) in [7, 11) is 0. The second-order valence-electron chi connectivity index (χ2n) is 3.96. The minimum atomic E-state index is -1.04. The number of rotatable bonds is 4. The summed E-state index contributed by atoms with van der Waals surface area (Å²) in [6, 6.07) is 7.28. The second-order valence-corrected chi connectivity index (χ2v) is 3.96. The number of carbonyl (C=O) groups excluding carboxylic acids is 1. The van der Waals surface area contributed by atoms with E-state index in [4.69, 9.17) is 5.11 Å². The highest BCUT2D eigenvalue weighted by molar-refractivity contribution is 5.92. The van der Waals surface area contributed by atoms with Crippen molar-refractivity contribution in [1.29, 1.82) is 0 Å². The molecular weight excluding hydrogens is 262 g/mol. The van der Waals surface area contributed by atoms with Crippen LogP contribution in [0.5, 0.6) is 0 Å². The summed E-state index contributed by atoms with van der Waals surface area (Å²) in [5.74, 6) is -1.44. The van der Waals surface area contributed by atoms with Gasteiger partial charge in [0.25, 0.3) is 0 Å². The van der Waals surface area contributed by atoms with Crippen molar-refractivity contribution in [3.05, 3.63) is 58.8 Å². The van der Waals surface area contributed by atoms with Crippen LogP contribution in [0.15, 0.2) is 47.5 Å². The topological polar surface area (TPSA) is 101 Å². The van der Waals surface area contributed by atoms with Gasteiger partial charge in [-0.2, -0.15) is 0 Å². The Morgan fingerprint density at radius 3 is 2.55 bits per heavy atom. The molecule has 102 valence electrons. The highest BCUT2D eigenvalue weighted by Crippen LogP contribution is 2.09. The molecule has 7 nitrogen and oxygen atoms in total. The van der Waals surface area contributed by atoms with Crippen LogP contribution in [0.25, 0.3) is 0 Å². The first-order valence-corrected chi connectivity index (χ1v) is 5.71. The van der Waals surface area contributed by atoms with Crippen molar-refractivity contribution in [2.75, 3.05) is 5.32 Å². The fourth-order valence-electron chi connectivity index (χ4n) is 1.56. The molecule has 0 spiro atoms. The molecule has 0 aliphatic heterocycles. The van der Waals surface area contributed by atoms with Crippen molar-refractivity contribution >= 4 is 17.6 Å². The summed E-state index contributed by atoms with van der Waals surface area (Å²) < 4.78 is 1.17. The molecule has 1 aromatic carbocycles. The van der Waals surface area contributed by atoms with E-state index in [1.807, 2.05) is 0 Å². The molecule has 1 aromatic heterocycles. The summed E-state index contributed by atoms with van der Waals surface area (Å²) in [6.07, 6.45) is 2.81. The fourth-order valence-corrected chi connectivity index (χ4v) is 1.56. The van der Waals surface area contributed by atoms with E-state index in [9.17, 15) is 14.4 Å². The third kappa shape index (κ3) is 3.29.